The maximum Gasteiger partial charge on any atom is 0.235 e. The Kier molecular flexibility index (Phi) is 4.21. The molecule has 150 valence electrons. The van der Waals surface area contributed by atoms with Gasteiger partial charge in [0.2, 0.25) is 11.7 Å². The summed E-state index contributed by atoms with van der Waals surface area (Å²) in [6, 6.07) is 4.38. The number of rotatable bonds is 4. The maximum atomic E-state index is 5.74. The second-order valence-electron chi connectivity index (χ2n) is 9.50. The van der Waals surface area contributed by atoms with Gasteiger partial charge < -0.3 is 14.6 Å². The summed E-state index contributed by atoms with van der Waals surface area (Å²) in [5.41, 5.74) is 1.11. The van der Waals surface area contributed by atoms with E-state index in [4.69, 9.17) is 14.2 Å². The highest BCUT2D eigenvalue weighted by Gasteiger charge is 2.58. The number of nitrogens with zero attached hydrogens (tertiary/aromatic N) is 3. The van der Waals surface area contributed by atoms with Crippen LogP contribution < -0.4 is 10.6 Å². The second-order valence-corrected chi connectivity index (χ2v) is 9.50. The number of piperidine rings is 1. The zero-order valence-electron chi connectivity index (χ0n) is 16.9. The molecule has 2 aromatic heterocycles. The number of aromatic nitrogens is 3. The molecule has 4 heterocycles. The molecule has 3 fully saturated rings. The van der Waals surface area contributed by atoms with E-state index in [1.54, 1.807) is 0 Å². The molecule has 0 aromatic carbocycles. The summed E-state index contributed by atoms with van der Waals surface area (Å²) in [4.78, 5) is 9.34. The highest BCUT2D eigenvalue weighted by Crippen LogP contribution is 2.45. The lowest BCUT2D eigenvalue weighted by Gasteiger charge is -2.35. The smallest absolute Gasteiger partial charge is 0.235 e. The average molecular weight is 383 g/mol. The van der Waals surface area contributed by atoms with Crippen LogP contribution >= 0.6 is 0 Å². The Morgan fingerprint density at radius 2 is 2.00 bits per heavy atom. The third-order valence-corrected chi connectivity index (χ3v) is 6.75. The number of hydrogen-bond acceptors (Lipinski definition) is 7. The van der Waals surface area contributed by atoms with E-state index in [0.717, 1.165) is 37.2 Å². The molecule has 1 aliphatic carbocycles. The topological polar surface area (TPSA) is 88.4 Å². The third kappa shape index (κ3) is 3.20. The van der Waals surface area contributed by atoms with Crippen molar-refractivity contribution in [2.45, 2.75) is 76.7 Å². The fourth-order valence-corrected chi connectivity index (χ4v) is 4.60. The van der Waals surface area contributed by atoms with Crippen LogP contribution in [0.4, 0.5) is 5.82 Å². The Morgan fingerprint density at radius 1 is 1.18 bits per heavy atom. The molecule has 0 radical (unpaired) electrons. The van der Waals surface area contributed by atoms with Crippen molar-refractivity contribution in [1.29, 1.82) is 0 Å². The van der Waals surface area contributed by atoms with Crippen molar-refractivity contribution in [2.75, 3.05) is 11.9 Å². The van der Waals surface area contributed by atoms with Gasteiger partial charge in [-0.3, -0.25) is 5.32 Å². The van der Waals surface area contributed by atoms with Gasteiger partial charge in [-0.25, -0.2) is 4.98 Å². The molecule has 3 unspecified atom stereocenters. The van der Waals surface area contributed by atoms with Gasteiger partial charge in [-0.1, -0.05) is 19.0 Å². The van der Waals surface area contributed by atoms with Gasteiger partial charge in [-0.2, -0.15) is 4.98 Å². The Labute approximate surface area is 165 Å². The molecule has 0 bridgehead atoms. The van der Waals surface area contributed by atoms with Crippen molar-refractivity contribution in [2.24, 2.45) is 5.41 Å². The van der Waals surface area contributed by atoms with E-state index in [1.807, 2.05) is 18.3 Å². The average Bonchev–Trinajstić information content (AvgIpc) is 3.32. The first-order valence-electron chi connectivity index (χ1n) is 10.4. The molecule has 5 rings (SSSR count). The zero-order chi connectivity index (χ0) is 19.4. The fraction of sp³-hybridized carbons (Fsp3) is 0.667. The van der Waals surface area contributed by atoms with Crippen molar-refractivity contribution in [3.63, 3.8) is 0 Å². The molecule has 3 aliphatic rings. The standard InChI is InChI=1S/C21H29N5O2/c1-20(2)8-6-13(7-9-20)24-16-14(5-4-11-22-16)17-25-19(28-26-17)21(3)10-12-23-18-15(21)27-18/h4-5,11,13,15,18,23H,6-10,12H2,1-3H3,(H,22,24). The molecule has 2 aliphatic heterocycles. The summed E-state index contributed by atoms with van der Waals surface area (Å²) in [6.45, 7) is 7.76. The van der Waals surface area contributed by atoms with Crippen molar-refractivity contribution in [3.05, 3.63) is 24.2 Å². The van der Waals surface area contributed by atoms with Crippen molar-refractivity contribution >= 4 is 5.82 Å². The van der Waals surface area contributed by atoms with Crippen LogP contribution in [-0.2, 0) is 10.2 Å². The predicted octanol–water partition coefficient (Wildman–Crippen LogP) is 3.49. The lowest BCUT2D eigenvalue weighted by atomic mass is 9.75. The monoisotopic (exact) mass is 383 g/mol. The lowest BCUT2D eigenvalue weighted by molar-refractivity contribution is 0.225. The summed E-state index contributed by atoms with van der Waals surface area (Å²) in [7, 11) is 0. The Morgan fingerprint density at radius 3 is 2.82 bits per heavy atom. The summed E-state index contributed by atoms with van der Waals surface area (Å²) in [5.74, 6) is 2.10. The zero-order valence-corrected chi connectivity index (χ0v) is 16.9. The molecule has 3 atom stereocenters. The Hall–Kier alpha value is -1.99. The first-order valence-corrected chi connectivity index (χ1v) is 10.4. The highest BCUT2D eigenvalue weighted by molar-refractivity contribution is 5.69. The van der Waals surface area contributed by atoms with Gasteiger partial charge in [0.1, 0.15) is 18.1 Å². The molecule has 0 amide bonds. The molecule has 7 heteroatoms. The molecule has 2 aromatic rings. The number of epoxide rings is 1. The summed E-state index contributed by atoms with van der Waals surface area (Å²) < 4.78 is 11.4. The van der Waals surface area contributed by atoms with Crippen LogP contribution in [0.25, 0.3) is 11.4 Å². The van der Waals surface area contributed by atoms with Gasteiger partial charge in [0.15, 0.2) is 0 Å². The number of hydrogen-bond donors (Lipinski definition) is 2. The van der Waals surface area contributed by atoms with Crippen molar-refractivity contribution < 1.29 is 9.26 Å². The number of anilines is 1. The molecular weight excluding hydrogens is 354 g/mol. The quantitative estimate of drug-likeness (QED) is 0.781. The summed E-state index contributed by atoms with van der Waals surface area (Å²) in [5, 5.41) is 11.3. The molecular formula is C21H29N5O2. The van der Waals surface area contributed by atoms with Crippen LogP contribution in [0, 0.1) is 5.41 Å². The van der Waals surface area contributed by atoms with Gasteiger partial charge >= 0.3 is 0 Å². The Balaban J connectivity index is 1.37. The lowest BCUT2D eigenvalue weighted by Crippen LogP contribution is -2.42. The van der Waals surface area contributed by atoms with E-state index < -0.39 is 0 Å². The van der Waals surface area contributed by atoms with Gasteiger partial charge in [-0.05, 0) is 63.1 Å². The van der Waals surface area contributed by atoms with Crippen molar-refractivity contribution in [3.8, 4) is 11.4 Å². The van der Waals surface area contributed by atoms with E-state index in [2.05, 4.69) is 41.5 Å². The number of fused-ring (bicyclic) bond motifs is 1. The van der Waals surface area contributed by atoms with Crippen molar-refractivity contribution in [1.82, 2.24) is 20.4 Å². The predicted molar refractivity (Wildman–Crippen MR) is 106 cm³/mol. The minimum Gasteiger partial charge on any atom is -0.367 e. The minimum absolute atomic E-state index is 0.117. The van der Waals surface area contributed by atoms with E-state index >= 15 is 0 Å². The third-order valence-electron chi connectivity index (χ3n) is 6.75. The van der Waals surface area contributed by atoms with Gasteiger partial charge in [0, 0.05) is 12.2 Å². The number of pyridine rings is 1. The number of nitrogens with one attached hydrogen (secondary N) is 2. The molecule has 2 N–H and O–H groups in total. The maximum absolute atomic E-state index is 5.74. The van der Waals surface area contributed by atoms with Crippen LogP contribution in [0.3, 0.4) is 0 Å². The van der Waals surface area contributed by atoms with Gasteiger partial charge in [0.05, 0.1) is 11.0 Å². The van der Waals surface area contributed by atoms with Gasteiger partial charge in [0.25, 0.3) is 0 Å². The molecule has 28 heavy (non-hydrogen) atoms. The number of ether oxygens (including phenoxy) is 1. The summed E-state index contributed by atoms with van der Waals surface area (Å²) >= 11 is 0. The largest absolute Gasteiger partial charge is 0.367 e. The SMILES string of the molecule is CC1(C)CCC(Nc2ncccc2-c2noc(C3(C)CCNC4OC43)n2)CC1. The first kappa shape index (κ1) is 18.1. The van der Waals surface area contributed by atoms with E-state index in [1.165, 1.54) is 12.8 Å². The molecule has 0 spiro atoms. The van der Waals surface area contributed by atoms with Gasteiger partial charge in [-0.15, -0.1) is 0 Å². The normalized spacial score (nSPS) is 32.0. The Bertz CT molecular complexity index is 856. The summed E-state index contributed by atoms with van der Waals surface area (Å²) in [6.07, 6.45) is 7.76. The van der Waals surface area contributed by atoms with Crippen LogP contribution in [0.15, 0.2) is 22.9 Å². The minimum atomic E-state index is -0.230. The van der Waals surface area contributed by atoms with E-state index in [9.17, 15) is 0 Å². The molecule has 2 saturated heterocycles. The van der Waals surface area contributed by atoms with Crippen LogP contribution in [0.5, 0.6) is 0 Å². The van der Waals surface area contributed by atoms with E-state index in [0.29, 0.717) is 23.2 Å². The fourth-order valence-electron chi connectivity index (χ4n) is 4.60. The van der Waals surface area contributed by atoms with E-state index in [-0.39, 0.29) is 17.7 Å². The highest BCUT2D eigenvalue weighted by atomic mass is 16.6. The molecule has 7 nitrogen and oxygen atoms in total. The van der Waals surface area contributed by atoms with Crippen LogP contribution in [-0.4, -0.2) is 40.0 Å². The molecule has 1 saturated carbocycles. The first-order chi connectivity index (χ1) is 13.4. The van der Waals surface area contributed by atoms with Crippen LogP contribution in [0.1, 0.15) is 58.8 Å². The van der Waals surface area contributed by atoms with Crippen LogP contribution in [0.2, 0.25) is 0 Å². The second kappa shape index (κ2) is 6.52.